The molecule has 0 aromatic heterocycles. The Morgan fingerprint density at radius 1 is 1.21 bits per heavy atom. The van der Waals surface area contributed by atoms with E-state index >= 15 is 0 Å². The van der Waals surface area contributed by atoms with Gasteiger partial charge >= 0.3 is 0 Å². The van der Waals surface area contributed by atoms with E-state index in [2.05, 4.69) is 5.32 Å². The number of methoxy groups -OCH3 is 2. The van der Waals surface area contributed by atoms with E-state index < -0.39 is 6.67 Å². The van der Waals surface area contributed by atoms with Crippen molar-refractivity contribution < 1.29 is 13.9 Å². The Morgan fingerprint density at radius 3 is 2.53 bits per heavy atom. The van der Waals surface area contributed by atoms with E-state index in [-0.39, 0.29) is 0 Å². The summed E-state index contributed by atoms with van der Waals surface area (Å²) in [4.78, 5) is 0. The van der Waals surface area contributed by atoms with Crippen molar-refractivity contribution in [2.24, 2.45) is 5.92 Å². The highest BCUT2D eigenvalue weighted by Crippen LogP contribution is 2.35. The van der Waals surface area contributed by atoms with Crippen LogP contribution in [0.25, 0.3) is 0 Å². The zero-order valence-corrected chi connectivity index (χ0v) is 11.7. The molecule has 106 valence electrons. The van der Waals surface area contributed by atoms with Crippen molar-refractivity contribution in [3.8, 4) is 11.5 Å². The van der Waals surface area contributed by atoms with Crippen molar-refractivity contribution in [2.45, 2.75) is 25.9 Å². The number of nitrogens with one attached hydrogen (secondary N) is 1. The summed E-state index contributed by atoms with van der Waals surface area (Å²) < 4.78 is 23.7. The Labute approximate surface area is 114 Å². The summed E-state index contributed by atoms with van der Waals surface area (Å²) in [5, 5.41) is 3.36. The number of rotatable bonds is 5. The van der Waals surface area contributed by atoms with Gasteiger partial charge < -0.3 is 14.8 Å². The fourth-order valence-electron chi connectivity index (χ4n) is 2.73. The van der Waals surface area contributed by atoms with Crippen LogP contribution < -0.4 is 14.8 Å². The Hall–Kier alpha value is -1.29. The maximum atomic E-state index is 12.9. The molecule has 0 amide bonds. The van der Waals surface area contributed by atoms with Crippen molar-refractivity contribution in [3.63, 3.8) is 0 Å². The number of ether oxygens (including phenoxy) is 2. The largest absolute Gasteiger partial charge is 0.493 e. The maximum Gasteiger partial charge on any atom is 0.163 e. The van der Waals surface area contributed by atoms with Gasteiger partial charge in [0.1, 0.15) is 6.67 Å². The van der Waals surface area contributed by atoms with Crippen LogP contribution >= 0.6 is 0 Å². The molecule has 1 aromatic carbocycles. The molecule has 1 N–H and O–H groups in total. The van der Waals surface area contributed by atoms with Crippen molar-refractivity contribution in [1.82, 2.24) is 5.32 Å². The summed E-state index contributed by atoms with van der Waals surface area (Å²) in [7, 11) is 3.23. The Kier molecular flexibility index (Phi) is 5.02. The molecule has 1 fully saturated rings. The molecule has 19 heavy (non-hydrogen) atoms. The maximum absolute atomic E-state index is 12.9. The zero-order valence-electron chi connectivity index (χ0n) is 11.7. The molecule has 0 atom stereocenters. The lowest BCUT2D eigenvalue weighted by atomic mass is 9.90. The molecular weight excluding hydrogens is 245 g/mol. The molecule has 4 heteroatoms. The first-order valence-corrected chi connectivity index (χ1v) is 6.79. The van der Waals surface area contributed by atoms with Crippen LogP contribution in [-0.4, -0.2) is 27.3 Å². The summed E-state index contributed by atoms with van der Waals surface area (Å²) >= 11 is 0. The number of piperidine rings is 1. The summed E-state index contributed by atoms with van der Waals surface area (Å²) in [5.74, 6) is 2.01. The van der Waals surface area contributed by atoms with Crippen LogP contribution in [0.4, 0.5) is 4.39 Å². The second-order valence-corrected chi connectivity index (χ2v) is 5.02. The Balaban J connectivity index is 2.25. The van der Waals surface area contributed by atoms with E-state index in [0.29, 0.717) is 17.2 Å². The average molecular weight is 267 g/mol. The first kappa shape index (κ1) is 14.1. The van der Waals surface area contributed by atoms with Crippen molar-refractivity contribution in [3.05, 3.63) is 23.3 Å². The number of benzene rings is 1. The fraction of sp³-hybridized carbons (Fsp3) is 0.600. The molecule has 3 nitrogen and oxygen atoms in total. The van der Waals surface area contributed by atoms with E-state index in [1.807, 2.05) is 6.07 Å². The molecule has 1 saturated heterocycles. The van der Waals surface area contributed by atoms with Gasteiger partial charge in [0, 0.05) is 0 Å². The number of hydrogen-bond donors (Lipinski definition) is 1. The van der Waals surface area contributed by atoms with E-state index in [9.17, 15) is 4.39 Å². The van der Waals surface area contributed by atoms with Crippen LogP contribution in [0.1, 0.15) is 24.0 Å². The normalized spacial score (nSPS) is 16.4. The highest BCUT2D eigenvalue weighted by atomic mass is 19.1. The first-order valence-electron chi connectivity index (χ1n) is 6.79. The summed E-state index contributed by atoms with van der Waals surface area (Å²) in [6.45, 7) is 1.65. The monoisotopic (exact) mass is 267 g/mol. The van der Waals surface area contributed by atoms with E-state index in [1.54, 1.807) is 20.3 Å². The molecule has 2 rings (SSSR count). The predicted molar refractivity (Wildman–Crippen MR) is 73.7 cm³/mol. The van der Waals surface area contributed by atoms with Crippen molar-refractivity contribution in [2.75, 3.05) is 27.3 Å². The van der Waals surface area contributed by atoms with Crippen LogP contribution in [0.2, 0.25) is 0 Å². The van der Waals surface area contributed by atoms with E-state index in [0.717, 1.165) is 43.7 Å². The minimum Gasteiger partial charge on any atom is -0.493 e. The zero-order chi connectivity index (χ0) is 13.7. The lowest BCUT2D eigenvalue weighted by Crippen LogP contribution is -2.28. The third-order valence-corrected chi connectivity index (χ3v) is 3.74. The summed E-state index contributed by atoms with van der Waals surface area (Å²) in [6, 6.07) is 3.62. The molecule has 0 spiro atoms. The third kappa shape index (κ3) is 3.38. The van der Waals surface area contributed by atoms with Crippen molar-refractivity contribution >= 4 is 0 Å². The second kappa shape index (κ2) is 6.75. The molecule has 1 aliphatic heterocycles. The van der Waals surface area contributed by atoms with Crippen LogP contribution in [0.15, 0.2) is 12.1 Å². The topological polar surface area (TPSA) is 30.5 Å². The minimum absolute atomic E-state index is 0.473. The van der Waals surface area contributed by atoms with Gasteiger partial charge in [0.25, 0.3) is 0 Å². The fourth-order valence-corrected chi connectivity index (χ4v) is 2.73. The van der Waals surface area contributed by atoms with Gasteiger partial charge in [-0.1, -0.05) is 0 Å². The van der Waals surface area contributed by atoms with Crippen LogP contribution in [0.5, 0.6) is 11.5 Å². The van der Waals surface area contributed by atoms with Gasteiger partial charge in [-0.05, 0) is 61.5 Å². The smallest absolute Gasteiger partial charge is 0.163 e. The lowest BCUT2D eigenvalue weighted by Gasteiger charge is -2.24. The van der Waals surface area contributed by atoms with Gasteiger partial charge in [-0.3, -0.25) is 0 Å². The highest BCUT2D eigenvalue weighted by molar-refractivity contribution is 5.49. The lowest BCUT2D eigenvalue weighted by molar-refractivity contribution is 0.338. The molecule has 1 aliphatic rings. The van der Waals surface area contributed by atoms with Crippen LogP contribution in [0, 0.1) is 5.92 Å². The SMILES string of the molecule is COc1cc(CF)cc(CC2CCNCC2)c1OC. The van der Waals surface area contributed by atoms with Gasteiger partial charge in [-0.15, -0.1) is 0 Å². The van der Waals surface area contributed by atoms with E-state index in [4.69, 9.17) is 9.47 Å². The predicted octanol–water partition coefficient (Wildman–Crippen LogP) is 2.72. The van der Waals surface area contributed by atoms with E-state index in [1.165, 1.54) is 0 Å². The standard InChI is InChI=1S/C15H22FNO2/c1-18-14-9-12(10-16)8-13(15(14)19-2)7-11-3-5-17-6-4-11/h8-9,11,17H,3-7,10H2,1-2H3. The molecule has 1 aromatic rings. The molecule has 0 unspecified atom stereocenters. The molecular formula is C15H22FNO2. The molecule has 0 radical (unpaired) electrons. The first-order chi connectivity index (χ1) is 9.28. The van der Waals surface area contributed by atoms with Crippen LogP contribution in [-0.2, 0) is 13.1 Å². The molecule has 0 saturated carbocycles. The number of hydrogen-bond acceptors (Lipinski definition) is 3. The third-order valence-electron chi connectivity index (χ3n) is 3.74. The van der Waals surface area contributed by atoms with Gasteiger partial charge in [0.05, 0.1) is 14.2 Å². The molecule has 0 bridgehead atoms. The van der Waals surface area contributed by atoms with Gasteiger partial charge in [0.2, 0.25) is 0 Å². The quantitative estimate of drug-likeness (QED) is 0.889. The number of halogens is 1. The van der Waals surface area contributed by atoms with Gasteiger partial charge in [-0.2, -0.15) is 0 Å². The minimum atomic E-state index is -0.473. The van der Waals surface area contributed by atoms with Gasteiger partial charge in [-0.25, -0.2) is 4.39 Å². The highest BCUT2D eigenvalue weighted by Gasteiger charge is 2.18. The summed E-state index contributed by atoms with van der Waals surface area (Å²) in [5.41, 5.74) is 1.71. The Bertz CT molecular complexity index is 417. The van der Waals surface area contributed by atoms with Crippen LogP contribution in [0.3, 0.4) is 0 Å². The molecule has 0 aliphatic carbocycles. The van der Waals surface area contributed by atoms with Gasteiger partial charge in [0.15, 0.2) is 11.5 Å². The second-order valence-electron chi connectivity index (χ2n) is 5.02. The average Bonchev–Trinajstić information content (AvgIpc) is 2.47. The number of alkyl halides is 1. The molecule has 1 heterocycles. The Morgan fingerprint density at radius 2 is 1.95 bits per heavy atom. The van der Waals surface area contributed by atoms with Crippen molar-refractivity contribution in [1.29, 1.82) is 0 Å². The summed E-state index contributed by atoms with van der Waals surface area (Å²) in [6.07, 6.45) is 3.24.